The van der Waals surface area contributed by atoms with Crippen molar-refractivity contribution >= 4 is 0 Å². The van der Waals surface area contributed by atoms with Crippen LogP contribution in [0.3, 0.4) is 0 Å². The molecular formula is C15H28N2. The van der Waals surface area contributed by atoms with Crippen molar-refractivity contribution in [3.8, 4) is 0 Å². The van der Waals surface area contributed by atoms with Crippen LogP contribution in [0.2, 0.25) is 0 Å². The van der Waals surface area contributed by atoms with Crippen molar-refractivity contribution in [2.24, 2.45) is 17.8 Å². The lowest BCUT2D eigenvalue weighted by molar-refractivity contribution is 0.173. The molecule has 2 saturated carbocycles. The highest BCUT2D eigenvalue weighted by Gasteiger charge is 2.39. The summed E-state index contributed by atoms with van der Waals surface area (Å²) >= 11 is 0. The average Bonchev–Trinajstić information content (AvgIpc) is 2.84. The van der Waals surface area contributed by atoms with Crippen molar-refractivity contribution in [2.45, 2.75) is 58.0 Å². The minimum atomic E-state index is 0.779. The Morgan fingerprint density at radius 3 is 2.24 bits per heavy atom. The second-order valence-electron chi connectivity index (χ2n) is 6.90. The van der Waals surface area contributed by atoms with Gasteiger partial charge in [0.05, 0.1) is 0 Å². The summed E-state index contributed by atoms with van der Waals surface area (Å²) < 4.78 is 0. The minimum absolute atomic E-state index is 0.779. The van der Waals surface area contributed by atoms with Gasteiger partial charge in [-0.25, -0.2) is 0 Å². The predicted octanol–water partition coefficient (Wildman–Crippen LogP) is 2.49. The van der Waals surface area contributed by atoms with E-state index in [0.717, 1.165) is 29.8 Å². The molecule has 2 aliphatic carbocycles. The summed E-state index contributed by atoms with van der Waals surface area (Å²) in [7, 11) is 0. The Morgan fingerprint density at radius 2 is 1.71 bits per heavy atom. The first-order valence-electron chi connectivity index (χ1n) is 7.71. The topological polar surface area (TPSA) is 15.3 Å². The summed E-state index contributed by atoms with van der Waals surface area (Å²) in [5, 5.41) is 3.74. The fourth-order valence-corrected chi connectivity index (χ4v) is 3.90. The van der Waals surface area contributed by atoms with Gasteiger partial charge in [0, 0.05) is 31.7 Å². The van der Waals surface area contributed by atoms with Crippen LogP contribution in [0.1, 0.15) is 46.0 Å². The van der Waals surface area contributed by atoms with Crippen molar-refractivity contribution in [3.63, 3.8) is 0 Å². The van der Waals surface area contributed by atoms with E-state index in [1.54, 1.807) is 0 Å². The van der Waals surface area contributed by atoms with Crippen molar-refractivity contribution in [1.29, 1.82) is 0 Å². The van der Waals surface area contributed by atoms with Gasteiger partial charge in [0.15, 0.2) is 0 Å². The van der Waals surface area contributed by atoms with Crippen LogP contribution >= 0.6 is 0 Å². The molecule has 3 rings (SSSR count). The molecule has 0 bridgehead atoms. The largest absolute Gasteiger partial charge is 0.312 e. The van der Waals surface area contributed by atoms with E-state index in [0.29, 0.717) is 0 Å². The van der Waals surface area contributed by atoms with Crippen molar-refractivity contribution in [2.75, 3.05) is 19.6 Å². The summed E-state index contributed by atoms with van der Waals surface area (Å²) in [6.45, 7) is 8.79. The zero-order valence-corrected chi connectivity index (χ0v) is 11.5. The van der Waals surface area contributed by atoms with E-state index in [1.807, 2.05) is 0 Å². The van der Waals surface area contributed by atoms with Crippen LogP contribution in [-0.4, -0.2) is 36.6 Å². The van der Waals surface area contributed by atoms with Crippen LogP contribution in [0, 0.1) is 17.8 Å². The van der Waals surface area contributed by atoms with Gasteiger partial charge in [-0.15, -0.1) is 0 Å². The van der Waals surface area contributed by atoms with Crippen LogP contribution in [0.4, 0.5) is 0 Å². The lowest BCUT2D eigenvalue weighted by Gasteiger charge is -2.32. The second-order valence-corrected chi connectivity index (χ2v) is 6.90. The third-order valence-electron chi connectivity index (χ3n) is 5.19. The highest BCUT2D eigenvalue weighted by atomic mass is 15.2. The molecule has 0 aromatic carbocycles. The quantitative estimate of drug-likeness (QED) is 0.789. The summed E-state index contributed by atoms with van der Waals surface area (Å²) in [5.74, 6) is 2.87. The molecule has 1 N–H and O–H groups in total. The van der Waals surface area contributed by atoms with Crippen LogP contribution < -0.4 is 5.32 Å². The second kappa shape index (κ2) is 4.89. The van der Waals surface area contributed by atoms with E-state index in [4.69, 9.17) is 0 Å². The summed E-state index contributed by atoms with van der Waals surface area (Å²) in [5.41, 5.74) is 0. The number of likely N-dealkylation sites (tertiary alicyclic amines) is 1. The maximum atomic E-state index is 3.74. The molecule has 2 nitrogen and oxygen atoms in total. The molecule has 3 aliphatic rings. The molecule has 17 heavy (non-hydrogen) atoms. The molecular weight excluding hydrogens is 208 g/mol. The Morgan fingerprint density at radius 1 is 1.06 bits per heavy atom. The van der Waals surface area contributed by atoms with Crippen LogP contribution in [0.15, 0.2) is 0 Å². The molecule has 1 aliphatic heterocycles. The SMILES string of the molecule is CC(C)C(CNC1CC1)N1CC2CCCC2C1. The van der Waals surface area contributed by atoms with Crippen molar-refractivity contribution in [3.05, 3.63) is 0 Å². The Labute approximate surface area is 106 Å². The van der Waals surface area contributed by atoms with Gasteiger partial charge in [-0.05, 0) is 43.4 Å². The first-order valence-corrected chi connectivity index (χ1v) is 7.71. The monoisotopic (exact) mass is 236 g/mol. The number of hydrogen-bond acceptors (Lipinski definition) is 2. The number of nitrogens with one attached hydrogen (secondary N) is 1. The third kappa shape index (κ3) is 2.68. The average molecular weight is 236 g/mol. The summed E-state index contributed by atoms with van der Waals surface area (Å²) in [6, 6.07) is 1.64. The highest BCUT2D eigenvalue weighted by Crippen LogP contribution is 2.39. The molecule has 2 heteroatoms. The Hall–Kier alpha value is -0.0800. The van der Waals surface area contributed by atoms with Crippen molar-refractivity contribution in [1.82, 2.24) is 10.2 Å². The van der Waals surface area contributed by atoms with E-state index < -0.39 is 0 Å². The maximum absolute atomic E-state index is 3.74. The fraction of sp³-hybridized carbons (Fsp3) is 1.00. The number of rotatable bonds is 5. The van der Waals surface area contributed by atoms with E-state index >= 15 is 0 Å². The van der Waals surface area contributed by atoms with Gasteiger partial charge in [-0.1, -0.05) is 20.3 Å². The summed E-state index contributed by atoms with van der Waals surface area (Å²) in [4.78, 5) is 2.80. The summed E-state index contributed by atoms with van der Waals surface area (Å²) in [6.07, 6.45) is 7.33. The molecule has 3 atom stereocenters. The Kier molecular flexibility index (Phi) is 3.45. The van der Waals surface area contributed by atoms with Gasteiger partial charge >= 0.3 is 0 Å². The maximum Gasteiger partial charge on any atom is 0.0243 e. The van der Waals surface area contributed by atoms with Gasteiger partial charge in [-0.3, -0.25) is 4.90 Å². The Balaban J connectivity index is 1.55. The molecule has 0 aromatic rings. The first-order chi connectivity index (χ1) is 8.24. The van der Waals surface area contributed by atoms with Crippen LogP contribution in [0.5, 0.6) is 0 Å². The van der Waals surface area contributed by atoms with E-state index in [1.165, 1.54) is 51.7 Å². The number of hydrogen-bond donors (Lipinski definition) is 1. The molecule has 0 aromatic heterocycles. The van der Waals surface area contributed by atoms with E-state index in [-0.39, 0.29) is 0 Å². The molecule has 0 amide bonds. The fourth-order valence-electron chi connectivity index (χ4n) is 3.90. The number of nitrogens with zero attached hydrogens (tertiary/aromatic N) is 1. The van der Waals surface area contributed by atoms with E-state index in [2.05, 4.69) is 24.1 Å². The lowest BCUT2D eigenvalue weighted by atomic mass is 10.0. The number of fused-ring (bicyclic) bond motifs is 1. The van der Waals surface area contributed by atoms with E-state index in [9.17, 15) is 0 Å². The first kappa shape index (κ1) is 12.0. The highest BCUT2D eigenvalue weighted by molar-refractivity contribution is 4.93. The predicted molar refractivity (Wildman–Crippen MR) is 72.1 cm³/mol. The van der Waals surface area contributed by atoms with Gasteiger partial charge in [0.1, 0.15) is 0 Å². The zero-order chi connectivity index (χ0) is 11.8. The van der Waals surface area contributed by atoms with Gasteiger partial charge in [0.2, 0.25) is 0 Å². The normalized spacial score (nSPS) is 35.5. The molecule has 98 valence electrons. The van der Waals surface area contributed by atoms with Crippen LogP contribution in [-0.2, 0) is 0 Å². The van der Waals surface area contributed by atoms with Crippen LogP contribution in [0.25, 0.3) is 0 Å². The molecule has 3 unspecified atom stereocenters. The third-order valence-corrected chi connectivity index (χ3v) is 5.19. The molecule has 1 saturated heterocycles. The molecule has 0 radical (unpaired) electrons. The zero-order valence-electron chi connectivity index (χ0n) is 11.5. The molecule has 3 fully saturated rings. The Bertz CT molecular complexity index is 248. The lowest BCUT2D eigenvalue weighted by Crippen LogP contribution is -2.45. The standard InChI is InChI=1S/C15H28N2/c1-11(2)15(8-16-14-6-7-14)17-9-12-4-3-5-13(12)10-17/h11-16H,3-10H2,1-2H3. The van der Waals surface area contributed by atoms with Gasteiger partial charge in [-0.2, -0.15) is 0 Å². The minimum Gasteiger partial charge on any atom is -0.312 e. The van der Waals surface area contributed by atoms with Crippen molar-refractivity contribution < 1.29 is 0 Å². The van der Waals surface area contributed by atoms with Gasteiger partial charge in [0.25, 0.3) is 0 Å². The smallest absolute Gasteiger partial charge is 0.0243 e. The molecule has 1 heterocycles. The van der Waals surface area contributed by atoms with Gasteiger partial charge < -0.3 is 5.32 Å². The molecule has 0 spiro atoms.